The number of thioether (sulfide) groups is 1. The highest BCUT2D eigenvalue weighted by Gasteiger charge is 2.29. The van der Waals surface area contributed by atoms with Gasteiger partial charge in [-0.1, -0.05) is 29.5 Å². The lowest BCUT2D eigenvalue weighted by Crippen LogP contribution is -2.07. The molecule has 0 aliphatic carbocycles. The molecule has 0 amide bonds. The van der Waals surface area contributed by atoms with E-state index in [0.717, 1.165) is 5.75 Å². The Bertz CT molecular complexity index is 772. The third-order valence-corrected chi connectivity index (χ3v) is 6.46. The van der Waals surface area contributed by atoms with Crippen LogP contribution in [0.25, 0.3) is 0 Å². The van der Waals surface area contributed by atoms with E-state index in [1.807, 2.05) is 31.2 Å². The van der Waals surface area contributed by atoms with Crippen LogP contribution in [0.2, 0.25) is 0 Å². The number of sulfone groups is 1. The Balaban J connectivity index is 1.40. The predicted molar refractivity (Wildman–Crippen MR) is 92.2 cm³/mol. The molecule has 1 fully saturated rings. The van der Waals surface area contributed by atoms with Crippen LogP contribution in [0.3, 0.4) is 0 Å². The molecule has 2 aromatic rings. The van der Waals surface area contributed by atoms with E-state index >= 15 is 0 Å². The standard InChI is InChI=1S/C16H20N2O4S2/c1-12-2-4-14(5-3-12)21-7-8-23-16-18-17-15(22-16)10-13-6-9-24(19,20)11-13/h2-5,13H,6-11H2,1H3/t13-/m0/s1. The highest BCUT2D eigenvalue weighted by Crippen LogP contribution is 2.24. The lowest BCUT2D eigenvalue weighted by Gasteiger charge is -2.04. The molecule has 1 aromatic heterocycles. The highest BCUT2D eigenvalue weighted by atomic mass is 32.2. The summed E-state index contributed by atoms with van der Waals surface area (Å²) < 4.78 is 34.1. The number of aromatic nitrogens is 2. The van der Waals surface area contributed by atoms with Crippen molar-refractivity contribution in [2.24, 2.45) is 5.92 Å². The fraction of sp³-hybridized carbons (Fsp3) is 0.500. The Morgan fingerprint density at radius 3 is 2.79 bits per heavy atom. The summed E-state index contributed by atoms with van der Waals surface area (Å²) in [6.07, 6.45) is 1.21. The molecule has 1 aliphatic rings. The van der Waals surface area contributed by atoms with Crippen molar-refractivity contribution in [1.82, 2.24) is 10.2 Å². The van der Waals surface area contributed by atoms with Gasteiger partial charge in [-0.05, 0) is 31.4 Å². The lowest BCUT2D eigenvalue weighted by atomic mass is 10.1. The van der Waals surface area contributed by atoms with Gasteiger partial charge in [0.05, 0.1) is 18.1 Å². The van der Waals surface area contributed by atoms with E-state index in [-0.39, 0.29) is 17.4 Å². The highest BCUT2D eigenvalue weighted by molar-refractivity contribution is 7.99. The van der Waals surface area contributed by atoms with Crippen LogP contribution in [0, 0.1) is 12.8 Å². The normalized spacial score (nSPS) is 19.5. The van der Waals surface area contributed by atoms with Crippen molar-refractivity contribution in [3.63, 3.8) is 0 Å². The van der Waals surface area contributed by atoms with Crippen molar-refractivity contribution < 1.29 is 17.6 Å². The van der Waals surface area contributed by atoms with Crippen molar-refractivity contribution in [1.29, 1.82) is 0 Å². The molecule has 0 N–H and O–H groups in total. The zero-order valence-electron chi connectivity index (χ0n) is 13.5. The first kappa shape index (κ1) is 17.3. The van der Waals surface area contributed by atoms with Gasteiger partial charge in [0.2, 0.25) is 5.89 Å². The molecule has 0 spiro atoms. The van der Waals surface area contributed by atoms with Crippen molar-refractivity contribution in [2.45, 2.75) is 25.0 Å². The number of benzene rings is 1. The molecule has 0 bridgehead atoms. The van der Waals surface area contributed by atoms with Gasteiger partial charge < -0.3 is 9.15 Å². The average Bonchev–Trinajstić information content (AvgIpc) is 3.12. The van der Waals surface area contributed by atoms with Crippen molar-refractivity contribution >= 4 is 21.6 Å². The lowest BCUT2D eigenvalue weighted by molar-refractivity contribution is 0.342. The SMILES string of the molecule is Cc1ccc(OCCSc2nnc(C[C@@H]3CCS(=O)(=O)C3)o2)cc1. The molecule has 0 saturated carbocycles. The van der Waals surface area contributed by atoms with Crippen LogP contribution in [0.15, 0.2) is 33.9 Å². The Morgan fingerprint density at radius 2 is 2.08 bits per heavy atom. The molecule has 8 heteroatoms. The molecular formula is C16H20N2O4S2. The maximum Gasteiger partial charge on any atom is 0.276 e. The molecule has 3 rings (SSSR count). The average molecular weight is 368 g/mol. The van der Waals surface area contributed by atoms with Crippen LogP contribution in [0.4, 0.5) is 0 Å². The third kappa shape index (κ3) is 4.98. The molecule has 24 heavy (non-hydrogen) atoms. The van der Waals surface area contributed by atoms with Gasteiger partial charge in [0.15, 0.2) is 9.84 Å². The smallest absolute Gasteiger partial charge is 0.276 e. The fourth-order valence-corrected chi connectivity index (χ4v) is 5.04. The summed E-state index contributed by atoms with van der Waals surface area (Å²) in [5.41, 5.74) is 1.20. The summed E-state index contributed by atoms with van der Waals surface area (Å²) in [5, 5.41) is 8.49. The monoisotopic (exact) mass is 368 g/mol. The Hall–Kier alpha value is -1.54. The first-order valence-electron chi connectivity index (χ1n) is 7.85. The van der Waals surface area contributed by atoms with Crippen molar-refractivity contribution in [2.75, 3.05) is 23.9 Å². The minimum atomic E-state index is -2.87. The molecule has 2 heterocycles. The van der Waals surface area contributed by atoms with E-state index in [0.29, 0.717) is 36.3 Å². The molecule has 1 aromatic carbocycles. The number of ether oxygens (including phenoxy) is 1. The molecule has 0 radical (unpaired) electrons. The second-order valence-electron chi connectivity index (χ2n) is 5.94. The Kier molecular flexibility index (Phi) is 5.45. The van der Waals surface area contributed by atoms with Crippen LogP contribution in [-0.4, -0.2) is 42.5 Å². The van der Waals surface area contributed by atoms with Crippen LogP contribution in [-0.2, 0) is 16.3 Å². The topological polar surface area (TPSA) is 82.3 Å². The maximum absolute atomic E-state index is 11.5. The summed E-state index contributed by atoms with van der Waals surface area (Å²) in [6.45, 7) is 2.58. The van der Waals surface area contributed by atoms with Crippen molar-refractivity contribution in [3.8, 4) is 5.75 Å². The molecular weight excluding hydrogens is 348 g/mol. The zero-order valence-corrected chi connectivity index (χ0v) is 15.1. The summed E-state index contributed by atoms with van der Waals surface area (Å²) in [5.74, 6) is 2.64. The van der Waals surface area contributed by atoms with Gasteiger partial charge in [0, 0.05) is 12.2 Å². The van der Waals surface area contributed by atoms with Crippen LogP contribution in [0.1, 0.15) is 17.9 Å². The summed E-state index contributed by atoms with van der Waals surface area (Å²) in [7, 11) is -2.87. The van der Waals surface area contributed by atoms with Gasteiger partial charge in [-0.25, -0.2) is 8.42 Å². The number of rotatable bonds is 7. The van der Waals surface area contributed by atoms with E-state index in [4.69, 9.17) is 9.15 Å². The van der Waals surface area contributed by atoms with Gasteiger partial charge in [-0.2, -0.15) is 0 Å². The van der Waals surface area contributed by atoms with E-state index in [9.17, 15) is 8.42 Å². The van der Waals surface area contributed by atoms with E-state index in [1.165, 1.54) is 17.3 Å². The van der Waals surface area contributed by atoms with E-state index in [2.05, 4.69) is 10.2 Å². The number of hydrogen-bond acceptors (Lipinski definition) is 7. The predicted octanol–water partition coefficient (Wildman–Crippen LogP) is 2.53. The molecule has 1 saturated heterocycles. The van der Waals surface area contributed by atoms with E-state index < -0.39 is 9.84 Å². The maximum atomic E-state index is 11.5. The largest absolute Gasteiger partial charge is 0.493 e. The van der Waals surface area contributed by atoms with Gasteiger partial charge in [0.1, 0.15) is 5.75 Å². The zero-order chi connectivity index (χ0) is 17.0. The minimum absolute atomic E-state index is 0.0955. The second kappa shape index (κ2) is 7.57. The molecule has 1 atom stereocenters. The molecule has 0 unspecified atom stereocenters. The van der Waals surface area contributed by atoms with Crippen molar-refractivity contribution in [3.05, 3.63) is 35.7 Å². The van der Waals surface area contributed by atoms with Crippen LogP contribution < -0.4 is 4.74 Å². The summed E-state index contributed by atoms with van der Waals surface area (Å²) >= 11 is 1.44. The van der Waals surface area contributed by atoms with Gasteiger partial charge in [0.25, 0.3) is 5.22 Å². The number of aryl methyl sites for hydroxylation is 1. The van der Waals surface area contributed by atoms with Gasteiger partial charge in [-0.3, -0.25) is 0 Å². The number of hydrogen-bond donors (Lipinski definition) is 0. The van der Waals surface area contributed by atoms with Gasteiger partial charge >= 0.3 is 0 Å². The fourth-order valence-electron chi connectivity index (χ4n) is 2.58. The second-order valence-corrected chi connectivity index (χ2v) is 9.22. The van der Waals surface area contributed by atoms with Crippen LogP contribution >= 0.6 is 11.8 Å². The summed E-state index contributed by atoms with van der Waals surface area (Å²) in [4.78, 5) is 0. The number of nitrogens with zero attached hydrogens (tertiary/aromatic N) is 2. The summed E-state index contributed by atoms with van der Waals surface area (Å²) in [6, 6.07) is 7.91. The minimum Gasteiger partial charge on any atom is -0.493 e. The third-order valence-electron chi connectivity index (χ3n) is 3.84. The first-order chi connectivity index (χ1) is 11.5. The first-order valence-corrected chi connectivity index (χ1v) is 10.7. The van der Waals surface area contributed by atoms with Crippen LogP contribution in [0.5, 0.6) is 5.75 Å². The Morgan fingerprint density at radius 1 is 1.29 bits per heavy atom. The Labute approximate surface area is 145 Å². The van der Waals surface area contributed by atoms with E-state index in [1.54, 1.807) is 0 Å². The quantitative estimate of drug-likeness (QED) is 0.548. The molecule has 130 valence electrons. The molecule has 1 aliphatic heterocycles. The molecule has 6 nitrogen and oxygen atoms in total. The van der Waals surface area contributed by atoms with Gasteiger partial charge in [-0.15, -0.1) is 10.2 Å².